The lowest BCUT2D eigenvalue weighted by molar-refractivity contribution is -0.159. The molecule has 0 aliphatic rings. The van der Waals surface area contributed by atoms with Crippen LogP contribution in [0.1, 0.15) is 33.3 Å². The Bertz CT molecular complexity index is 448. The minimum atomic E-state index is -0.788. The molecule has 0 saturated carbocycles. The Hall–Kier alpha value is -1.64. The molecule has 0 saturated heterocycles. The Labute approximate surface area is 107 Å². The molecule has 1 rings (SSSR count). The van der Waals surface area contributed by atoms with E-state index in [4.69, 9.17) is 4.74 Å². The van der Waals surface area contributed by atoms with Crippen LogP contribution in [0, 0.1) is 11.7 Å². The van der Waals surface area contributed by atoms with Crippen molar-refractivity contribution >= 4 is 5.97 Å². The number of benzene rings is 1. The highest BCUT2D eigenvalue weighted by Crippen LogP contribution is 2.34. The minimum Gasteiger partial charge on any atom is -0.451 e. The van der Waals surface area contributed by atoms with Gasteiger partial charge in [0.1, 0.15) is 11.4 Å². The third-order valence-corrected chi connectivity index (χ3v) is 3.17. The number of carbonyl (C=O) groups is 1. The van der Waals surface area contributed by atoms with Gasteiger partial charge in [-0.2, -0.15) is 0 Å². The van der Waals surface area contributed by atoms with Gasteiger partial charge in [-0.15, -0.1) is 0 Å². The highest BCUT2D eigenvalue weighted by Gasteiger charge is 2.34. The van der Waals surface area contributed by atoms with E-state index in [9.17, 15) is 9.18 Å². The Morgan fingerprint density at radius 3 is 2.22 bits per heavy atom. The first-order chi connectivity index (χ1) is 8.27. The molecular formula is C15H19FO2. The Morgan fingerprint density at radius 1 is 1.33 bits per heavy atom. The first-order valence-electron chi connectivity index (χ1n) is 5.92. The zero-order valence-corrected chi connectivity index (χ0v) is 11.3. The lowest BCUT2D eigenvalue weighted by Gasteiger charge is -2.34. The van der Waals surface area contributed by atoms with E-state index in [0.717, 1.165) is 5.56 Å². The number of hydrogen-bond acceptors (Lipinski definition) is 2. The highest BCUT2D eigenvalue weighted by molar-refractivity contribution is 5.87. The topological polar surface area (TPSA) is 26.3 Å². The fourth-order valence-corrected chi connectivity index (χ4v) is 1.57. The molecule has 98 valence electrons. The predicted octanol–water partition coefficient (Wildman–Crippen LogP) is 3.82. The summed E-state index contributed by atoms with van der Waals surface area (Å²) in [5.41, 5.74) is 0.335. The van der Waals surface area contributed by atoms with Crippen LogP contribution < -0.4 is 0 Å². The second-order valence-electron chi connectivity index (χ2n) is 4.94. The van der Waals surface area contributed by atoms with Crippen molar-refractivity contribution in [1.29, 1.82) is 0 Å². The fraction of sp³-hybridized carbons (Fsp3) is 0.400. The van der Waals surface area contributed by atoms with Gasteiger partial charge in [0.15, 0.2) is 0 Å². The van der Waals surface area contributed by atoms with E-state index < -0.39 is 11.6 Å². The van der Waals surface area contributed by atoms with E-state index in [-0.39, 0.29) is 11.7 Å². The van der Waals surface area contributed by atoms with E-state index in [1.54, 1.807) is 19.1 Å². The monoisotopic (exact) mass is 250 g/mol. The Morgan fingerprint density at radius 2 is 1.83 bits per heavy atom. The van der Waals surface area contributed by atoms with Gasteiger partial charge in [0, 0.05) is 5.57 Å². The number of rotatable bonds is 4. The largest absolute Gasteiger partial charge is 0.451 e. The summed E-state index contributed by atoms with van der Waals surface area (Å²) >= 11 is 0. The molecule has 1 aromatic carbocycles. The maximum atomic E-state index is 12.9. The summed E-state index contributed by atoms with van der Waals surface area (Å²) in [6.45, 7) is 10.9. The van der Waals surface area contributed by atoms with Crippen molar-refractivity contribution in [1.82, 2.24) is 0 Å². The first kappa shape index (κ1) is 14.4. The smallest absolute Gasteiger partial charge is 0.333 e. The van der Waals surface area contributed by atoms with E-state index in [1.807, 2.05) is 20.8 Å². The SMILES string of the molecule is C=C(C)C(=O)OC(C)(c1ccc(F)cc1)C(C)C. The average Bonchev–Trinajstić information content (AvgIpc) is 2.29. The summed E-state index contributed by atoms with van der Waals surface area (Å²) in [6, 6.07) is 6.01. The van der Waals surface area contributed by atoms with Gasteiger partial charge >= 0.3 is 5.97 Å². The standard InChI is InChI=1S/C15H19FO2/c1-10(2)14(17)18-15(5,11(3)4)12-6-8-13(16)9-7-12/h6-9,11H,1H2,2-5H3. The Kier molecular flexibility index (Phi) is 4.28. The molecule has 0 aromatic heterocycles. The van der Waals surface area contributed by atoms with Gasteiger partial charge in [-0.05, 0) is 37.5 Å². The maximum Gasteiger partial charge on any atom is 0.333 e. The summed E-state index contributed by atoms with van der Waals surface area (Å²) < 4.78 is 18.5. The Balaban J connectivity index is 3.11. The van der Waals surface area contributed by atoms with Crippen molar-refractivity contribution in [2.75, 3.05) is 0 Å². The van der Waals surface area contributed by atoms with Crippen LogP contribution in [0.5, 0.6) is 0 Å². The van der Waals surface area contributed by atoms with Crippen molar-refractivity contribution < 1.29 is 13.9 Å². The molecule has 0 N–H and O–H groups in total. The summed E-state index contributed by atoms with van der Waals surface area (Å²) in [7, 11) is 0. The minimum absolute atomic E-state index is 0.0614. The second kappa shape index (κ2) is 5.34. The highest BCUT2D eigenvalue weighted by atomic mass is 19.1. The molecule has 0 heterocycles. The molecule has 1 unspecified atom stereocenters. The summed E-state index contributed by atoms with van der Waals surface area (Å²) in [6.07, 6.45) is 0. The summed E-state index contributed by atoms with van der Waals surface area (Å²) in [5.74, 6) is -0.683. The van der Waals surface area contributed by atoms with Gasteiger partial charge in [-0.3, -0.25) is 0 Å². The van der Waals surface area contributed by atoms with Gasteiger partial charge in [0.05, 0.1) is 0 Å². The van der Waals surface area contributed by atoms with E-state index in [2.05, 4.69) is 6.58 Å². The van der Waals surface area contributed by atoms with Crippen LogP contribution in [0.15, 0.2) is 36.4 Å². The lowest BCUT2D eigenvalue weighted by Crippen LogP contribution is -2.34. The molecule has 3 heteroatoms. The third kappa shape index (κ3) is 2.97. The first-order valence-corrected chi connectivity index (χ1v) is 5.92. The zero-order valence-electron chi connectivity index (χ0n) is 11.3. The number of carbonyl (C=O) groups excluding carboxylic acids is 1. The van der Waals surface area contributed by atoms with Crippen molar-refractivity contribution in [3.8, 4) is 0 Å². The van der Waals surface area contributed by atoms with Crippen LogP contribution in [0.2, 0.25) is 0 Å². The van der Waals surface area contributed by atoms with Gasteiger partial charge in [0.2, 0.25) is 0 Å². The van der Waals surface area contributed by atoms with Crippen molar-refractivity contribution in [3.63, 3.8) is 0 Å². The van der Waals surface area contributed by atoms with Crippen LogP contribution in [0.4, 0.5) is 4.39 Å². The molecule has 0 fully saturated rings. The molecule has 1 atom stereocenters. The van der Waals surface area contributed by atoms with Gasteiger partial charge in [-0.1, -0.05) is 32.6 Å². The van der Waals surface area contributed by atoms with Crippen LogP contribution >= 0.6 is 0 Å². The molecular weight excluding hydrogens is 231 g/mol. The van der Waals surface area contributed by atoms with E-state index >= 15 is 0 Å². The van der Waals surface area contributed by atoms with Gasteiger partial charge in [-0.25, -0.2) is 9.18 Å². The molecule has 0 radical (unpaired) electrons. The van der Waals surface area contributed by atoms with Gasteiger partial charge < -0.3 is 4.74 Å². The summed E-state index contributed by atoms with van der Waals surface area (Å²) in [4.78, 5) is 11.7. The van der Waals surface area contributed by atoms with Crippen LogP contribution in [-0.4, -0.2) is 5.97 Å². The molecule has 0 bridgehead atoms. The number of ether oxygens (including phenoxy) is 1. The van der Waals surface area contributed by atoms with E-state index in [0.29, 0.717) is 5.57 Å². The molecule has 0 amide bonds. The van der Waals surface area contributed by atoms with Crippen molar-refractivity contribution in [2.24, 2.45) is 5.92 Å². The van der Waals surface area contributed by atoms with Crippen LogP contribution in [0.3, 0.4) is 0 Å². The maximum absolute atomic E-state index is 12.9. The normalized spacial score (nSPS) is 14.1. The van der Waals surface area contributed by atoms with E-state index in [1.165, 1.54) is 12.1 Å². The lowest BCUT2D eigenvalue weighted by atomic mass is 9.85. The fourth-order valence-electron chi connectivity index (χ4n) is 1.57. The quantitative estimate of drug-likeness (QED) is 0.600. The van der Waals surface area contributed by atoms with Crippen molar-refractivity contribution in [2.45, 2.75) is 33.3 Å². The zero-order chi connectivity index (χ0) is 13.9. The molecule has 18 heavy (non-hydrogen) atoms. The predicted molar refractivity (Wildman–Crippen MR) is 69.5 cm³/mol. The molecule has 0 aliphatic heterocycles. The summed E-state index contributed by atoms with van der Waals surface area (Å²) in [5, 5.41) is 0. The van der Waals surface area contributed by atoms with Crippen LogP contribution in [-0.2, 0) is 15.1 Å². The molecule has 0 aliphatic carbocycles. The third-order valence-electron chi connectivity index (χ3n) is 3.17. The number of esters is 1. The average molecular weight is 250 g/mol. The number of halogens is 1. The molecule has 0 spiro atoms. The van der Waals surface area contributed by atoms with Crippen LogP contribution in [0.25, 0.3) is 0 Å². The van der Waals surface area contributed by atoms with Gasteiger partial charge in [0.25, 0.3) is 0 Å². The molecule has 1 aromatic rings. The van der Waals surface area contributed by atoms with Crippen molar-refractivity contribution in [3.05, 3.63) is 47.8 Å². The second-order valence-corrected chi connectivity index (χ2v) is 4.94. The number of hydrogen-bond donors (Lipinski definition) is 0. The molecule has 2 nitrogen and oxygen atoms in total.